The number of aryl methyl sites for hydroxylation is 1. The number of hydrogen-bond acceptors (Lipinski definition) is 7. The van der Waals surface area contributed by atoms with Gasteiger partial charge in [0.1, 0.15) is 22.3 Å². The van der Waals surface area contributed by atoms with Crippen molar-refractivity contribution in [2.75, 3.05) is 11.1 Å². The molecule has 1 fully saturated rings. The van der Waals surface area contributed by atoms with Gasteiger partial charge in [0.05, 0.1) is 34.1 Å². The Morgan fingerprint density at radius 3 is 2.47 bits per heavy atom. The van der Waals surface area contributed by atoms with Gasteiger partial charge in [-0.2, -0.15) is 18.4 Å². The molecule has 0 bridgehead atoms. The van der Waals surface area contributed by atoms with Crippen molar-refractivity contribution in [3.63, 3.8) is 0 Å². The number of aromatic nitrogens is 4. The molecule has 14 heteroatoms. The summed E-state index contributed by atoms with van der Waals surface area (Å²) in [5.74, 6) is -1.06. The minimum absolute atomic E-state index is 0.0313. The number of anilines is 1. The molecule has 0 aromatic carbocycles. The van der Waals surface area contributed by atoms with Gasteiger partial charge in [0.25, 0.3) is 5.56 Å². The summed E-state index contributed by atoms with van der Waals surface area (Å²) in [4.78, 5) is 33.3. The van der Waals surface area contributed by atoms with E-state index >= 15 is 0 Å². The van der Waals surface area contributed by atoms with Gasteiger partial charge in [0.15, 0.2) is 15.7 Å². The first-order chi connectivity index (χ1) is 16.8. The molecule has 3 aromatic rings. The zero-order chi connectivity index (χ0) is 26.6. The standard InChI is InChI=1S/C22H21F3N6O4S/c1-4-31-15(22(23,24)25)9-13-17(19(31)32)30(3)18(29-13)16-14(36(34,35)5-2)8-12(10-27-16)28-20(33)21(11-26)6-7-21/h8-10H,4-7H2,1-3H3,(H,28,33). The summed E-state index contributed by atoms with van der Waals surface area (Å²) in [6, 6.07) is 3.85. The fourth-order valence-electron chi connectivity index (χ4n) is 3.92. The van der Waals surface area contributed by atoms with E-state index in [4.69, 9.17) is 0 Å². The number of amides is 1. The maximum Gasteiger partial charge on any atom is 0.431 e. The first-order valence-corrected chi connectivity index (χ1v) is 12.6. The van der Waals surface area contributed by atoms with Crippen molar-refractivity contribution in [2.45, 2.75) is 44.3 Å². The molecular weight excluding hydrogens is 501 g/mol. The average Bonchev–Trinajstić information content (AvgIpc) is 3.56. The number of carbonyl (C=O) groups is 1. The average molecular weight is 523 g/mol. The van der Waals surface area contributed by atoms with Gasteiger partial charge < -0.3 is 14.5 Å². The summed E-state index contributed by atoms with van der Waals surface area (Å²) in [5.41, 5.74) is -3.84. The van der Waals surface area contributed by atoms with E-state index in [1.54, 1.807) is 0 Å². The van der Waals surface area contributed by atoms with E-state index in [2.05, 4.69) is 15.3 Å². The van der Waals surface area contributed by atoms with Crippen molar-refractivity contribution in [1.29, 1.82) is 5.26 Å². The molecule has 1 aliphatic carbocycles. The number of fused-ring (bicyclic) bond motifs is 1. The molecule has 3 aromatic heterocycles. The van der Waals surface area contributed by atoms with Gasteiger partial charge in [-0.05, 0) is 31.9 Å². The molecular formula is C22H21F3N6O4S. The van der Waals surface area contributed by atoms with Crippen LogP contribution in [0, 0.1) is 16.7 Å². The van der Waals surface area contributed by atoms with Crippen molar-refractivity contribution >= 4 is 32.5 Å². The van der Waals surface area contributed by atoms with Crippen molar-refractivity contribution in [1.82, 2.24) is 19.1 Å². The summed E-state index contributed by atoms with van der Waals surface area (Å²) in [5, 5.41) is 11.7. The van der Waals surface area contributed by atoms with Gasteiger partial charge >= 0.3 is 6.18 Å². The summed E-state index contributed by atoms with van der Waals surface area (Å²) >= 11 is 0. The van der Waals surface area contributed by atoms with E-state index in [9.17, 15) is 36.4 Å². The van der Waals surface area contributed by atoms with Gasteiger partial charge in [-0.25, -0.2) is 18.4 Å². The van der Waals surface area contributed by atoms with Crippen LogP contribution in [0.4, 0.5) is 18.9 Å². The third-order valence-electron chi connectivity index (χ3n) is 6.18. The molecule has 36 heavy (non-hydrogen) atoms. The van der Waals surface area contributed by atoms with E-state index in [0.29, 0.717) is 17.4 Å². The van der Waals surface area contributed by atoms with Crippen LogP contribution >= 0.6 is 0 Å². The zero-order valence-electron chi connectivity index (χ0n) is 19.5. The lowest BCUT2D eigenvalue weighted by molar-refractivity contribution is -0.144. The Morgan fingerprint density at radius 1 is 1.28 bits per heavy atom. The molecule has 1 amide bonds. The second kappa shape index (κ2) is 8.44. The fraction of sp³-hybridized carbons (Fsp3) is 0.409. The molecule has 0 saturated heterocycles. The molecule has 0 unspecified atom stereocenters. The van der Waals surface area contributed by atoms with Crippen LogP contribution in [0.1, 0.15) is 32.4 Å². The van der Waals surface area contributed by atoms with Crippen LogP contribution in [0.5, 0.6) is 0 Å². The van der Waals surface area contributed by atoms with Gasteiger partial charge in [0, 0.05) is 13.6 Å². The van der Waals surface area contributed by atoms with Crippen molar-refractivity contribution in [3.8, 4) is 17.6 Å². The number of nitrogens with zero attached hydrogens (tertiary/aromatic N) is 5. The van der Waals surface area contributed by atoms with Crippen LogP contribution in [0.2, 0.25) is 0 Å². The summed E-state index contributed by atoms with van der Waals surface area (Å²) in [6.07, 6.45) is -2.87. The number of imidazole rings is 1. The number of rotatable bonds is 6. The van der Waals surface area contributed by atoms with Crippen molar-refractivity contribution < 1.29 is 26.4 Å². The Bertz CT molecular complexity index is 1610. The first kappa shape index (κ1) is 25.4. The lowest BCUT2D eigenvalue weighted by atomic mass is 10.1. The SMILES string of the molecule is CCn1c(C(F)(F)F)cc2nc(-c3ncc(NC(=O)C4(C#N)CC4)cc3S(=O)(=O)CC)n(C)c2c1=O. The molecule has 0 radical (unpaired) electrons. The van der Waals surface area contributed by atoms with Crippen molar-refractivity contribution in [3.05, 3.63) is 34.4 Å². The van der Waals surface area contributed by atoms with Gasteiger partial charge in [0.2, 0.25) is 5.91 Å². The number of sulfone groups is 1. The number of pyridine rings is 2. The van der Waals surface area contributed by atoms with E-state index in [-0.39, 0.29) is 45.4 Å². The van der Waals surface area contributed by atoms with E-state index in [0.717, 1.165) is 12.1 Å². The molecule has 1 aliphatic rings. The van der Waals surface area contributed by atoms with E-state index < -0.39 is 38.6 Å². The largest absolute Gasteiger partial charge is 0.431 e. The number of hydrogen-bond donors (Lipinski definition) is 1. The smallest absolute Gasteiger partial charge is 0.323 e. The highest BCUT2D eigenvalue weighted by molar-refractivity contribution is 7.91. The summed E-state index contributed by atoms with van der Waals surface area (Å²) in [7, 11) is -2.59. The maximum absolute atomic E-state index is 13.6. The number of alkyl halides is 3. The van der Waals surface area contributed by atoms with E-state index in [1.807, 2.05) is 6.07 Å². The van der Waals surface area contributed by atoms with E-state index in [1.165, 1.54) is 31.7 Å². The molecule has 190 valence electrons. The normalized spacial score (nSPS) is 15.0. The predicted octanol–water partition coefficient (Wildman–Crippen LogP) is 2.87. The van der Waals surface area contributed by atoms with Crippen LogP contribution in [-0.2, 0) is 34.4 Å². The lowest BCUT2D eigenvalue weighted by Crippen LogP contribution is -2.28. The lowest BCUT2D eigenvalue weighted by Gasteiger charge is -2.14. The topological polar surface area (TPSA) is 140 Å². The zero-order valence-corrected chi connectivity index (χ0v) is 20.3. The summed E-state index contributed by atoms with van der Waals surface area (Å²) < 4.78 is 68.3. The highest BCUT2D eigenvalue weighted by Gasteiger charge is 2.50. The van der Waals surface area contributed by atoms with Crippen LogP contribution in [0.3, 0.4) is 0 Å². The summed E-state index contributed by atoms with van der Waals surface area (Å²) in [6.45, 7) is 2.55. The molecule has 0 spiro atoms. The number of halogens is 3. The predicted molar refractivity (Wildman–Crippen MR) is 123 cm³/mol. The van der Waals surface area contributed by atoms with Crippen molar-refractivity contribution in [2.24, 2.45) is 12.5 Å². The van der Waals surface area contributed by atoms with Gasteiger partial charge in [-0.3, -0.25) is 9.59 Å². The molecule has 1 N–H and O–H groups in total. The molecule has 0 aliphatic heterocycles. The Hall–Kier alpha value is -3.73. The minimum Gasteiger partial charge on any atom is -0.323 e. The molecule has 1 saturated carbocycles. The van der Waals surface area contributed by atoms with Crippen LogP contribution in [0.15, 0.2) is 28.0 Å². The van der Waals surface area contributed by atoms with Crippen LogP contribution < -0.4 is 10.9 Å². The molecule has 0 atom stereocenters. The molecule has 10 nitrogen and oxygen atoms in total. The third-order valence-corrected chi connectivity index (χ3v) is 7.92. The minimum atomic E-state index is -4.81. The Labute approximate surface area is 203 Å². The molecule has 3 heterocycles. The van der Waals surface area contributed by atoms with Crippen LogP contribution in [0.25, 0.3) is 22.6 Å². The Morgan fingerprint density at radius 2 is 1.94 bits per heavy atom. The second-order valence-electron chi connectivity index (χ2n) is 8.43. The monoisotopic (exact) mass is 522 g/mol. The number of nitrogens with one attached hydrogen (secondary N) is 1. The van der Waals surface area contributed by atoms with Gasteiger partial charge in [-0.15, -0.1) is 0 Å². The fourth-order valence-corrected chi connectivity index (χ4v) is 4.97. The second-order valence-corrected chi connectivity index (χ2v) is 10.7. The molecule has 4 rings (SSSR count). The maximum atomic E-state index is 13.6. The number of nitriles is 1. The quantitative estimate of drug-likeness (QED) is 0.525. The highest BCUT2D eigenvalue weighted by Crippen LogP contribution is 2.46. The highest BCUT2D eigenvalue weighted by atomic mass is 32.2. The Balaban J connectivity index is 1.92. The van der Waals surface area contributed by atoms with Crippen LogP contribution in [-0.4, -0.2) is 39.2 Å². The Kier molecular flexibility index (Phi) is 5.95. The number of carbonyl (C=O) groups excluding carboxylic acids is 1. The first-order valence-electron chi connectivity index (χ1n) is 10.9. The van der Waals surface area contributed by atoms with Gasteiger partial charge in [-0.1, -0.05) is 6.92 Å². The third kappa shape index (κ3) is 4.02.